The van der Waals surface area contributed by atoms with E-state index in [1.165, 1.54) is 0 Å². The summed E-state index contributed by atoms with van der Waals surface area (Å²) in [5, 5.41) is 0. The van der Waals surface area contributed by atoms with Crippen LogP contribution in [-0.4, -0.2) is 16.6 Å². The first-order chi connectivity index (χ1) is 5.40. The number of H-pyrrole nitrogens is 1. The van der Waals surface area contributed by atoms with Gasteiger partial charge in [-0.1, -0.05) is 0 Å². The van der Waals surface area contributed by atoms with E-state index in [0.717, 1.165) is 5.52 Å². The molecule has 0 bridgehead atoms. The molecule has 0 fully saturated rings. The summed E-state index contributed by atoms with van der Waals surface area (Å²) in [6, 6.07) is 2.33. The standard InChI is InChI=1S/C7H8N2O2/c1-2-10-7-8-5-3-4-11-6(5)9-7/h3-4H,2H2,1H3,(H,8,9). The molecule has 4 nitrogen and oxygen atoms in total. The van der Waals surface area contributed by atoms with Crippen molar-refractivity contribution in [3.63, 3.8) is 0 Å². The Kier molecular flexibility index (Phi) is 1.31. The molecule has 4 heteroatoms. The van der Waals surface area contributed by atoms with Crippen LogP contribution >= 0.6 is 0 Å². The molecule has 58 valence electrons. The van der Waals surface area contributed by atoms with Crippen molar-refractivity contribution in [2.45, 2.75) is 6.92 Å². The molecule has 0 saturated heterocycles. The van der Waals surface area contributed by atoms with Crippen molar-refractivity contribution in [2.75, 3.05) is 6.61 Å². The molecule has 0 aliphatic heterocycles. The molecule has 0 aromatic carbocycles. The highest BCUT2D eigenvalue weighted by Crippen LogP contribution is 2.15. The Labute approximate surface area is 63.2 Å². The minimum absolute atomic E-state index is 0.516. The predicted molar refractivity (Wildman–Crippen MR) is 39.5 cm³/mol. The summed E-state index contributed by atoms with van der Waals surface area (Å²) in [7, 11) is 0. The van der Waals surface area contributed by atoms with Gasteiger partial charge in [0.25, 0.3) is 6.01 Å². The van der Waals surface area contributed by atoms with Gasteiger partial charge in [-0.25, -0.2) is 0 Å². The molecule has 2 rings (SSSR count). The fourth-order valence-electron chi connectivity index (χ4n) is 0.923. The van der Waals surface area contributed by atoms with E-state index in [4.69, 9.17) is 9.15 Å². The monoisotopic (exact) mass is 152 g/mol. The van der Waals surface area contributed by atoms with E-state index in [1.807, 2.05) is 13.0 Å². The summed E-state index contributed by atoms with van der Waals surface area (Å²) < 4.78 is 10.1. The van der Waals surface area contributed by atoms with Crippen LogP contribution in [0.25, 0.3) is 11.2 Å². The first kappa shape index (κ1) is 6.27. The Morgan fingerprint density at radius 1 is 1.73 bits per heavy atom. The summed E-state index contributed by atoms with van der Waals surface area (Å²) in [6.07, 6.45) is 1.59. The predicted octanol–water partition coefficient (Wildman–Crippen LogP) is 1.55. The fourth-order valence-corrected chi connectivity index (χ4v) is 0.923. The third-order valence-electron chi connectivity index (χ3n) is 1.37. The van der Waals surface area contributed by atoms with Gasteiger partial charge in [0.05, 0.1) is 12.9 Å². The van der Waals surface area contributed by atoms with Gasteiger partial charge < -0.3 is 14.1 Å². The van der Waals surface area contributed by atoms with Gasteiger partial charge in [0, 0.05) is 6.07 Å². The quantitative estimate of drug-likeness (QED) is 0.710. The normalized spacial score (nSPS) is 10.6. The number of hydrogen-bond acceptors (Lipinski definition) is 3. The van der Waals surface area contributed by atoms with E-state index in [9.17, 15) is 0 Å². The van der Waals surface area contributed by atoms with Crippen molar-refractivity contribution in [1.29, 1.82) is 0 Å². The first-order valence-electron chi connectivity index (χ1n) is 3.46. The number of imidazole rings is 1. The number of aromatic nitrogens is 2. The van der Waals surface area contributed by atoms with Gasteiger partial charge in [-0.3, -0.25) is 0 Å². The molecule has 1 N–H and O–H groups in total. The maximum absolute atomic E-state index is 5.12. The van der Waals surface area contributed by atoms with E-state index in [1.54, 1.807) is 6.26 Å². The lowest BCUT2D eigenvalue weighted by atomic mass is 10.6. The minimum atomic E-state index is 0.516. The molecule has 0 saturated carbocycles. The third kappa shape index (κ3) is 0.960. The summed E-state index contributed by atoms with van der Waals surface area (Å²) in [4.78, 5) is 6.97. The Morgan fingerprint density at radius 2 is 2.64 bits per heavy atom. The Hall–Kier alpha value is -1.45. The highest BCUT2D eigenvalue weighted by Gasteiger charge is 2.03. The Morgan fingerprint density at radius 3 is 3.36 bits per heavy atom. The lowest BCUT2D eigenvalue weighted by Crippen LogP contribution is -1.92. The van der Waals surface area contributed by atoms with Gasteiger partial charge in [0.2, 0.25) is 5.71 Å². The maximum Gasteiger partial charge on any atom is 0.297 e. The van der Waals surface area contributed by atoms with Crippen molar-refractivity contribution in [3.05, 3.63) is 12.3 Å². The van der Waals surface area contributed by atoms with Crippen molar-refractivity contribution in [3.8, 4) is 6.01 Å². The van der Waals surface area contributed by atoms with Crippen LogP contribution in [0, 0.1) is 0 Å². The van der Waals surface area contributed by atoms with Gasteiger partial charge in [0.15, 0.2) is 0 Å². The van der Waals surface area contributed by atoms with E-state index in [2.05, 4.69) is 9.97 Å². The number of hydrogen-bond donors (Lipinski definition) is 1. The summed E-state index contributed by atoms with van der Waals surface area (Å²) >= 11 is 0. The van der Waals surface area contributed by atoms with Crippen LogP contribution in [0.2, 0.25) is 0 Å². The minimum Gasteiger partial charge on any atom is -0.465 e. The number of rotatable bonds is 2. The largest absolute Gasteiger partial charge is 0.465 e. The lowest BCUT2D eigenvalue weighted by Gasteiger charge is -1.93. The number of ether oxygens (including phenoxy) is 1. The van der Waals surface area contributed by atoms with E-state index >= 15 is 0 Å². The molecular weight excluding hydrogens is 144 g/mol. The van der Waals surface area contributed by atoms with Gasteiger partial charge in [0.1, 0.15) is 5.52 Å². The average Bonchev–Trinajstić information content (AvgIpc) is 2.46. The van der Waals surface area contributed by atoms with Crippen molar-refractivity contribution >= 4 is 11.2 Å². The first-order valence-corrected chi connectivity index (χ1v) is 3.46. The van der Waals surface area contributed by atoms with E-state index < -0.39 is 0 Å². The smallest absolute Gasteiger partial charge is 0.297 e. The summed E-state index contributed by atoms with van der Waals surface area (Å²) in [5.41, 5.74) is 1.46. The second-order valence-electron chi connectivity index (χ2n) is 2.11. The average molecular weight is 152 g/mol. The van der Waals surface area contributed by atoms with Crippen LogP contribution in [0.3, 0.4) is 0 Å². The Bertz CT molecular complexity index is 321. The van der Waals surface area contributed by atoms with Gasteiger partial charge in [-0.15, -0.1) is 0 Å². The molecule has 2 heterocycles. The highest BCUT2D eigenvalue weighted by molar-refractivity contribution is 5.69. The SMILES string of the molecule is CCOc1nc2occc2[nH]1. The molecule has 0 aliphatic carbocycles. The molecule has 0 unspecified atom stereocenters. The van der Waals surface area contributed by atoms with Crippen LogP contribution in [0.5, 0.6) is 6.01 Å². The second-order valence-corrected chi connectivity index (χ2v) is 2.11. The van der Waals surface area contributed by atoms with Crippen LogP contribution in [0.1, 0.15) is 6.92 Å². The van der Waals surface area contributed by atoms with Crippen molar-refractivity contribution in [2.24, 2.45) is 0 Å². The second kappa shape index (κ2) is 2.30. The van der Waals surface area contributed by atoms with Crippen LogP contribution in [0.15, 0.2) is 16.7 Å². The summed E-state index contributed by atoms with van der Waals surface area (Å²) in [5.74, 6) is 0. The molecule has 0 spiro atoms. The zero-order valence-corrected chi connectivity index (χ0v) is 6.13. The van der Waals surface area contributed by atoms with E-state index in [-0.39, 0.29) is 0 Å². The molecule has 2 aromatic rings. The maximum atomic E-state index is 5.12. The Balaban J connectivity index is 2.42. The van der Waals surface area contributed by atoms with Crippen molar-refractivity contribution < 1.29 is 9.15 Å². The number of nitrogens with zero attached hydrogens (tertiary/aromatic N) is 1. The molecule has 0 amide bonds. The van der Waals surface area contributed by atoms with Crippen molar-refractivity contribution in [1.82, 2.24) is 9.97 Å². The van der Waals surface area contributed by atoms with Gasteiger partial charge in [-0.05, 0) is 6.92 Å². The third-order valence-corrected chi connectivity index (χ3v) is 1.37. The van der Waals surface area contributed by atoms with Crippen LogP contribution in [-0.2, 0) is 0 Å². The zero-order chi connectivity index (χ0) is 7.68. The molecule has 0 radical (unpaired) electrons. The van der Waals surface area contributed by atoms with Crippen LogP contribution in [0.4, 0.5) is 0 Å². The molecule has 11 heavy (non-hydrogen) atoms. The van der Waals surface area contributed by atoms with Gasteiger partial charge >= 0.3 is 0 Å². The molecule has 0 aliphatic rings. The fraction of sp³-hybridized carbons (Fsp3) is 0.286. The topological polar surface area (TPSA) is 51.1 Å². The molecule has 2 aromatic heterocycles. The number of aromatic amines is 1. The molecular formula is C7H8N2O2. The summed E-state index contributed by atoms with van der Waals surface area (Å²) in [6.45, 7) is 2.51. The molecule has 0 atom stereocenters. The number of fused-ring (bicyclic) bond motifs is 1. The number of furan rings is 1. The van der Waals surface area contributed by atoms with Gasteiger partial charge in [-0.2, -0.15) is 4.98 Å². The number of nitrogens with one attached hydrogen (secondary N) is 1. The van der Waals surface area contributed by atoms with Crippen LogP contribution < -0.4 is 4.74 Å². The highest BCUT2D eigenvalue weighted by atomic mass is 16.5. The zero-order valence-electron chi connectivity index (χ0n) is 6.13. The lowest BCUT2D eigenvalue weighted by molar-refractivity contribution is 0.316. The van der Waals surface area contributed by atoms with E-state index in [0.29, 0.717) is 18.3 Å².